The van der Waals surface area contributed by atoms with Crippen LogP contribution >= 0.6 is 0 Å². The first kappa shape index (κ1) is 16.1. The predicted octanol–water partition coefficient (Wildman–Crippen LogP) is 4.69. The molecule has 1 amide bonds. The molecule has 0 aliphatic heterocycles. The number of carbonyl (C=O) groups is 1. The van der Waals surface area contributed by atoms with Gasteiger partial charge < -0.3 is 9.73 Å². The lowest BCUT2D eigenvalue weighted by molar-refractivity contribution is 0.102. The van der Waals surface area contributed by atoms with Gasteiger partial charge in [0.1, 0.15) is 11.2 Å². The maximum atomic E-state index is 12.5. The van der Waals surface area contributed by atoms with Crippen LogP contribution in [-0.4, -0.2) is 20.9 Å². The first-order valence-electron chi connectivity index (χ1n) is 8.75. The average Bonchev–Trinajstić information content (AvgIpc) is 3.18. The van der Waals surface area contributed by atoms with E-state index in [0.29, 0.717) is 17.1 Å². The van der Waals surface area contributed by atoms with Crippen LogP contribution < -0.4 is 5.32 Å². The zero-order valence-electron chi connectivity index (χ0n) is 14.7. The van der Waals surface area contributed by atoms with Crippen molar-refractivity contribution in [1.82, 2.24) is 15.0 Å². The lowest BCUT2D eigenvalue weighted by atomic mass is 10.2. The maximum absolute atomic E-state index is 12.5. The Morgan fingerprint density at radius 3 is 2.29 bits per heavy atom. The Morgan fingerprint density at radius 2 is 1.50 bits per heavy atom. The van der Waals surface area contributed by atoms with E-state index in [0.717, 1.165) is 22.2 Å². The number of benzene rings is 3. The molecule has 0 aliphatic carbocycles. The summed E-state index contributed by atoms with van der Waals surface area (Å²) < 4.78 is 5.77. The molecule has 28 heavy (non-hydrogen) atoms. The minimum Gasteiger partial charge on any atom is -0.436 e. The molecule has 6 nitrogen and oxygen atoms in total. The van der Waals surface area contributed by atoms with E-state index in [1.807, 2.05) is 60.7 Å². The van der Waals surface area contributed by atoms with Gasteiger partial charge in [-0.2, -0.15) is 0 Å². The number of fused-ring (bicyclic) bond motifs is 2. The molecule has 5 aromatic rings. The molecule has 6 heteroatoms. The molecule has 0 fully saturated rings. The standard InChI is InChI=1S/C22H14N4O2/c27-21(19-13-23-16-5-1-2-6-17(16)25-19)24-15-11-9-14(10-12-15)22-26-18-7-3-4-8-20(18)28-22/h1-13H,(H,24,27). The fraction of sp³-hybridized carbons (Fsp3) is 0. The molecule has 1 N–H and O–H groups in total. The third-order valence-electron chi connectivity index (χ3n) is 4.36. The monoisotopic (exact) mass is 366 g/mol. The summed E-state index contributed by atoms with van der Waals surface area (Å²) in [6.07, 6.45) is 1.48. The largest absolute Gasteiger partial charge is 0.436 e. The minimum atomic E-state index is -0.312. The molecule has 134 valence electrons. The molecule has 0 spiro atoms. The van der Waals surface area contributed by atoms with Gasteiger partial charge in [-0.25, -0.2) is 9.97 Å². The van der Waals surface area contributed by atoms with Gasteiger partial charge in [-0.05, 0) is 48.5 Å². The molecular weight excluding hydrogens is 352 g/mol. The Bertz CT molecular complexity index is 1280. The zero-order valence-corrected chi connectivity index (χ0v) is 14.7. The second kappa shape index (κ2) is 6.59. The molecule has 0 radical (unpaired) electrons. The number of para-hydroxylation sites is 4. The van der Waals surface area contributed by atoms with E-state index in [4.69, 9.17) is 4.42 Å². The van der Waals surface area contributed by atoms with Gasteiger partial charge in [0, 0.05) is 11.3 Å². The molecule has 2 aromatic heterocycles. The van der Waals surface area contributed by atoms with Crippen molar-refractivity contribution in [3.05, 3.63) is 84.7 Å². The van der Waals surface area contributed by atoms with Gasteiger partial charge in [-0.15, -0.1) is 0 Å². The number of amides is 1. The molecule has 0 aliphatic rings. The number of nitrogens with zero attached hydrogens (tertiary/aromatic N) is 3. The topological polar surface area (TPSA) is 80.9 Å². The number of rotatable bonds is 3. The average molecular weight is 366 g/mol. The van der Waals surface area contributed by atoms with Gasteiger partial charge in [0.05, 0.1) is 17.2 Å². The van der Waals surface area contributed by atoms with Crippen LogP contribution in [0, 0.1) is 0 Å². The molecule has 0 unspecified atom stereocenters. The highest BCUT2D eigenvalue weighted by Gasteiger charge is 2.11. The van der Waals surface area contributed by atoms with E-state index in [1.54, 1.807) is 12.1 Å². The molecule has 0 bridgehead atoms. The van der Waals surface area contributed by atoms with E-state index >= 15 is 0 Å². The summed E-state index contributed by atoms with van der Waals surface area (Å²) in [7, 11) is 0. The lowest BCUT2D eigenvalue weighted by Crippen LogP contribution is -2.14. The Labute approximate surface area is 159 Å². The van der Waals surface area contributed by atoms with Crippen molar-refractivity contribution in [3.63, 3.8) is 0 Å². The highest BCUT2D eigenvalue weighted by atomic mass is 16.3. The molecule has 0 saturated carbocycles. The van der Waals surface area contributed by atoms with Crippen LogP contribution in [0.25, 0.3) is 33.6 Å². The highest BCUT2D eigenvalue weighted by molar-refractivity contribution is 6.03. The van der Waals surface area contributed by atoms with Crippen LogP contribution in [0.4, 0.5) is 5.69 Å². The Hall–Kier alpha value is -4.06. The van der Waals surface area contributed by atoms with E-state index in [1.165, 1.54) is 6.20 Å². The maximum Gasteiger partial charge on any atom is 0.275 e. The van der Waals surface area contributed by atoms with Crippen molar-refractivity contribution >= 4 is 33.7 Å². The smallest absolute Gasteiger partial charge is 0.275 e. The summed E-state index contributed by atoms with van der Waals surface area (Å²) in [5.74, 6) is 0.229. The molecule has 0 atom stereocenters. The number of aromatic nitrogens is 3. The Morgan fingerprint density at radius 1 is 0.786 bits per heavy atom. The number of nitrogens with one attached hydrogen (secondary N) is 1. The second-order valence-electron chi connectivity index (χ2n) is 6.26. The summed E-state index contributed by atoms with van der Waals surface area (Å²) in [4.78, 5) is 25.6. The van der Waals surface area contributed by atoms with E-state index in [2.05, 4.69) is 20.3 Å². The Balaban J connectivity index is 1.37. The highest BCUT2D eigenvalue weighted by Crippen LogP contribution is 2.25. The number of hydrogen-bond acceptors (Lipinski definition) is 5. The molecule has 2 heterocycles. The van der Waals surface area contributed by atoms with Gasteiger partial charge in [0.15, 0.2) is 5.58 Å². The van der Waals surface area contributed by atoms with Gasteiger partial charge in [0.25, 0.3) is 5.91 Å². The summed E-state index contributed by atoms with van der Waals surface area (Å²) in [5, 5.41) is 2.84. The van der Waals surface area contributed by atoms with Crippen molar-refractivity contribution in [2.24, 2.45) is 0 Å². The first-order valence-corrected chi connectivity index (χ1v) is 8.75. The van der Waals surface area contributed by atoms with Crippen molar-refractivity contribution in [2.75, 3.05) is 5.32 Å². The van der Waals surface area contributed by atoms with E-state index in [-0.39, 0.29) is 11.6 Å². The molecule has 0 saturated heterocycles. The summed E-state index contributed by atoms with van der Waals surface area (Å²) in [6.45, 7) is 0. The van der Waals surface area contributed by atoms with Crippen molar-refractivity contribution in [2.45, 2.75) is 0 Å². The fourth-order valence-corrected chi connectivity index (χ4v) is 2.95. The number of anilines is 1. The van der Waals surface area contributed by atoms with Gasteiger partial charge >= 0.3 is 0 Å². The van der Waals surface area contributed by atoms with Gasteiger partial charge in [0.2, 0.25) is 5.89 Å². The SMILES string of the molecule is O=C(Nc1ccc(-c2nc3ccccc3o2)cc1)c1cnc2ccccc2n1. The third kappa shape index (κ3) is 2.97. The van der Waals surface area contributed by atoms with Crippen LogP contribution in [-0.2, 0) is 0 Å². The van der Waals surface area contributed by atoms with Crippen molar-refractivity contribution in [3.8, 4) is 11.5 Å². The van der Waals surface area contributed by atoms with Gasteiger partial charge in [-0.1, -0.05) is 24.3 Å². The number of oxazole rings is 1. The van der Waals surface area contributed by atoms with E-state index < -0.39 is 0 Å². The number of carbonyl (C=O) groups excluding carboxylic acids is 1. The minimum absolute atomic E-state index is 0.265. The first-order chi connectivity index (χ1) is 13.8. The van der Waals surface area contributed by atoms with Crippen LogP contribution in [0.3, 0.4) is 0 Å². The molecule has 5 rings (SSSR count). The zero-order chi connectivity index (χ0) is 18.9. The lowest BCUT2D eigenvalue weighted by Gasteiger charge is -2.06. The van der Waals surface area contributed by atoms with Crippen LogP contribution in [0.2, 0.25) is 0 Å². The quantitative estimate of drug-likeness (QED) is 0.501. The van der Waals surface area contributed by atoms with Crippen LogP contribution in [0.15, 0.2) is 83.4 Å². The molecular formula is C22H14N4O2. The molecule has 3 aromatic carbocycles. The summed E-state index contributed by atoms with van der Waals surface area (Å²) in [6, 6.07) is 22.4. The Kier molecular flexibility index (Phi) is 3.80. The van der Waals surface area contributed by atoms with E-state index in [9.17, 15) is 4.79 Å². The summed E-state index contributed by atoms with van der Waals surface area (Å²) >= 11 is 0. The summed E-state index contributed by atoms with van der Waals surface area (Å²) in [5.41, 5.74) is 4.74. The van der Waals surface area contributed by atoms with Gasteiger partial charge in [-0.3, -0.25) is 9.78 Å². The predicted molar refractivity (Wildman–Crippen MR) is 107 cm³/mol. The van der Waals surface area contributed by atoms with Crippen molar-refractivity contribution < 1.29 is 9.21 Å². The van der Waals surface area contributed by atoms with Crippen LogP contribution in [0.5, 0.6) is 0 Å². The van der Waals surface area contributed by atoms with Crippen molar-refractivity contribution in [1.29, 1.82) is 0 Å². The number of hydrogen-bond donors (Lipinski definition) is 1. The second-order valence-corrected chi connectivity index (χ2v) is 6.26. The normalized spacial score (nSPS) is 11.0. The fourth-order valence-electron chi connectivity index (χ4n) is 2.95. The van der Waals surface area contributed by atoms with Crippen LogP contribution in [0.1, 0.15) is 10.5 Å². The third-order valence-corrected chi connectivity index (χ3v) is 4.36.